The molecule has 1 aromatic carbocycles. The lowest BCUT2D eigenvalue weighted by atomic mass is 9.88. The van der Waals surface area contributed by atoms with Gasteiger partial charge in [-0.25, -0.2) is 4.98 Å². The number of hydrogen-bond acceptors (Lipinski definition) is 2. The Hall–Kier alpha value is -1.06. The van der Waals surface area contributed by atoms with Crippen molar-refractivity contribution < 1.29 is 0 Å². The van der Waals surface area contributed by atoms with Gasteiger partial charge in [0.25, 0.3) is 0 Å². The minimum atomic E-state index is 0.477. The van der Waals surface area contributed by atoms with Crippen molar-refractivity contribution in [3.05, 3.63) is 29.0 Å². The van der Waals surface area contributed by atoms with Crippen molar-refractivity contribution in [2.24, 2.45) is 13.0 Å². The van der Waals surface area contributed by atoms with Crippen LogP contribution in [0.4, 0.5) is 0 Å². The van der Waals surface area contributed by atoms with E-state index in [0.717, 1.165) is 35.0 Å². The highest BCUT2D eigenvalue weighted by atomic mass is 35.5. The molecule has 0 spiro atoms. The van der Waals surface area contributed by atoms with E-state index >= 15 is 0 Å². The summed E-state index contributed by atoms with van der Waals surface area (Å²) in [6, 6.07) is 5.90. The van der Waals surface area contributed by atoms with Crippen molar-refractivity contribution in [3.63, 3.8) is 0 Å². The second-order valence-corrected chi connectivity index (χ2v) is 5.25. The largest absolute Gasteiger partial charge is 0.330 e. The van der Waals surface area contributed by atoms with Crippen LogP contribution in [0, 0.1) is 5.92 Å². The van der Waals surface area contributed by atoms with Crippen LogP contribution in [0.1, 0.15) is 18.7 Å². The Morgan fingerprint density at radius 1 is 1.47 bits per heavy atom. The average Bonchev–Trinajstić information content (AvgIpc) is 2.55. The van der Waals surface area contributed by atoms with Crippen LogP contribution in [-0.4, -0.2) is 22.6 Å². The smallest absolute Gasteiger partial charge is 0.112 e. The monoisotopic (exact) mass is 249 g/mol. The molecule has 4 heteroatoms. The van der Waals surface area contributed by atoms with Crippen molar-refractivity contribution in [1.82, 2.24) is 14.9 Å². The maximum Gasteiger partial charge on any atom is 0.112 e. The second kappa shape index (κ2) is 4.00. The molecule has 0 saturated carbocycles. The van der Waals surface area contributed by atoms with Crippen LogP contribution in [-0.2, 0) is 7.05 Å². The van der Waals surface area contributed by atoms with Crippen molar-refractivity contribution in [3.8, 4) is 0 Å². The Balaban J connectivity index is 2.10. The number of fused-ring (bicyclic) bond motifs is 1. The zero-order chi connectivity index (χ0) is 12.0. The van der Waals surface area contributed by atoms with Crippen LogP contribution in [0.5, 0.6) is 0 Å². The van der Waals surface area contributed by atoms with E-state index in [1.165, 1.54) is 0 Å². The Morgan fingerprint density at radius 2 is 2.24 bits per heavy atom. The van der Waals surface area contributed by atoms with E-state index in [2.05, 4.69) is 23.9 Å². The number of imidazole rings is 1. The molecule has 1 aliphatic heterocycles. The molecule has 1 aliphatic rings. The summed E-state index contributed by atoms with van der Waals surface area (Å²) < 4.78 is 2.14. The molecule has 0 aliphatic carbocycles. The molecule has 1 atom stereocenters. The molecule has 1 aromatic heterocycles. The first-order chi connectivity index (χ1) is 8.18. The number of para-hydroxylation sites is 1. The molecule has 0 bridgehead atoms. The number of nitrogens with one attached hydrogen (secondary N) is 1. The van der Waals surface area contributed by atoms with Crippen LogP contribution in [0.15, 0.2) is 18.2 Å². The summed E-state index contributed by atoms with van der Waals surface area (Å²) in [4.78, 5) is 4.73. The molecule has 1 N–H and O–H groups in total. The molecule has 2 heterocycles. The first-order valence-corrected chi connectivity index (χ1v) is 6.38. The van der Waals surface area contributed by atoms with Crippen molar-refractivity contribution in [2.45, 2.75) is 12.8 Å². The highest BCUT2D eigenvalue weighted by Gasteiger charge is 2.28. The Kier molecular flexibility index (Phi) is 2.60. The molecule has 3 rings (SSSR count). The van der Waals surface area contributed by atoms with Crippen molar-refractivity contribution >= 4 is 22.6 Å². The van der Waals surface area contributed by atoms with Crippen LogP contribution < -0.4 is 5.32 Å². The fourth-order valence-electron chi connectivity index (χ4n) is 2.52. The standard InChI is InChI=1S/C13H16ClN3/c1-8(9-6-15-7-9)13-16-11-5-3-4-10(14)12(11)17(13)2/h3-5,8-9,15H,6-7H2,1-2H3. The van der Waals surface area contributed by atoms with Gasteiger partial charge in [0.1, 0.15) is 5.82 Å². The summed E-state index contributed by atoms with van der Waals surface area (Å²) in [6.45, 7) is 4.44. The van der Waals surface area contributed by atoms with Gasteiger partial charge in [-0.3, -0.25) is 0 Å². The fourth-order valence-corrected chi connectivity index (χ4v) is 2.82. The van der Waals surface area contributed by atoms with Gasteiger partial charge in [0, 0.05) is 13.0 Å². The predicted molar refractivity (Wildman–Crippen MR) is 70.5 cm³/mol. The summed E-state index contributed by atoms with van der Waals surface area (Å²) in [7, 11) is 2.05. The van der Waals surface area contributed by atoms with Crippen molar-refractivity contribution in [2.75, 3.05) is 13.1 Å². The molecular weight excluding hydrogens is 234 g/mol. The van der Waals surface area contributed by atoms with Gasteiger partial charge in [0.05, 0.1) is 16.1 Å². The van der Waals surface area contributed by atoms with Gasteiger partial charge >= 0.3 is 0 Å². The van der Waals surface area contributed by atoms with Crippen LogP contribution in [0.3, 0.4) is 0 Å². The maximum atomic E-state index is 6.23. The van der Waals surface area contributed by atoms with E-state index in [0.29, 0.717) is 11.8 Å². The second-order valence-electron chi connectivity index (χ2n) is 4.84. The third kappa shape index (κ3) is 1.65. The number of benzene rings is 1. The Bertz CT molecular complexity index is 557. The fraction of sp³-hybridized carbons (Fsp3) is 0.462. The topological polar surface area (TPSA) is 29.9 Å². The molecule has 1 unspecified atom stereocenters. The van der Waals surface area contributed by atoms with E-state index in [4.69, 9.17) is 16.6 Å². The van der Waals surface area contributed by atoms with Gasteiger partial charge in [-0.15, -0.1) is 0 Å². The third-order valence-corrected chi connectivity index (χ3v) is 4.11. The number of aromatic nitrogens is 2. The quantitative estimate of drug-likeness (QED) is 0.887. The molecule has 0 radical (unpaired) electrons. The lowest BCUT2D eigenvalue weighted by molar-refractivity contribution is 0.293. The van der Waals surface area contributed by atoms with Crippen molar-refractivity contribution in [1.29, 1.82) is 0 Å². The van der Waals surface area contributed by atoms with E-state index in [9.17, 15) is 0 Å². The van der Waals surface area contributed by atoms with E-state index in [1.807, 2.05) is 18.2 Å². The number of hydrogen-bond donors (Lipinski definition) is 1. The molecule has 2 aromatic rings. The van der Waals surface area contributed by atoms with Gasteiger partial charge in [0.15, 0.2) is 0 Å². The number of aryl methyl sites for hydroxylation is 1. The lowest BCUT2D eigenvalue weighted by Gasteiger charge is -2.32. The van der Waals surface area contributed by atoms with Crippen LogP contribution in [0.2, 0.25) is 5.02 Å². The SMILES string of the molecule is CC(c1nc2cccc(Cl)c2n1C)C1CNC1. The molecule has 90 valence electrons. The third-order valence-electron chi connectivity index (χ3n) is 3.81. The summed E-state index contributed by atoms with van der Waals surface area (Å²) >= 11 is 6.23. The molecule has 1 fully saturated rings. The van der Waals surface area contributed by atoms with Gasteiger partial charge in [0.2, 0.25) is 0 Å². The van der Waals surface area contributed by atoms with Gasteiger partial charge in [-0.2, -0.15) is 0 Å². The first-order valence-electron chi connectivity index (χ1n) is 6.00. The molecule has 17 heavy (non-hydrogen) atoms. The maximum absolute atomic E-state index is 6.23. The normalized spacial score (nSPS) is 18.3. The number of rotatable bonds is 2. The zero-order valence-corrected chi connectivity index (χ0v) is 10.8. The van der Waals surface area contributed by atoms with Gasteiger partial charge in [-0.05, 0) is 31.1 Å². The van der Waals surface area contributed by atoms with Crippen LogP contribution >= 0.6 is 11.6 Å². The minimum absolute atomic E-state index is 0.477. The zero-order valence-electron chi connectivity index (χ0n) is 10.1. The summed E-state index contributed by atoms with van der Waals surface area (Å²) in [5, 5.41) is 4.09. The van der Waals surface area contributed by atoms with E-state index in [-0.39, 0.29) is 0 Å². The average molecular weight is 250 g/mol. The summed E-state index contributed by atoms with van der Waals surface area (Å²) in [5.74, 6) is 2.31. The molecule has 1 saturated heterocycles. The summed E-state index contributed by atoms with van der Waals surface area (Å²) in [6.07, 6.45) is 0. The molecule has 0 amide bonds. The number of halogens is 1. The number of nitrogens with zero attached hydrogens (tertiary/aromatic N) is 2. The highest BCUT2D eigenvalue weighted by molar-refractivity contribution is 6.35. The first kappa shape index (κ1) is 11.1. The predicted octanol–water partition coefficient (Wildman–Crippen LogP) is 2.55. The van der Waals surface area contributed by atoms with Gasteiger partial charge < -0.3 is 9.88 Å². The molecular formula is C13H16ClN3. The highest BCUT2D eigenvalue weighted by Crippen LogP contribution is 2.31. The minimum Gasteiger partial charge on any atom is -0.330 e. The van der Waals surface area contributed by atoms with E-state index < -0.39 is 0 Å². The molecule has 3 nitrogen and oxygen atoms in total. The van der Waals surface area contributed by atoms with E-state index in [1.54, 1.807) is 0 Å². The Morgan fingerprint density at radius 3 is 2.82 bits per heavy atom. The Labute approximate surface area is 106 Å². The summed E-state index contributed by atoms with van der Waals surface area (Å²) in [5.41, 5.74) is 2.04. The lowest BCUT2D eigenvalue weighted by Crippen LogP contribution is -2.45. The van der Waals surface area contributed by atoms with Crippen LogP contribution in [0.25, 0.3) is 11.0 Å². The van der Waals surface area contributed by atoms with Gasteiger partial charge in [-0.1, -0.05) is 24.6 Å².